The van der Waals surface area contributed by atoms with Crippen molar-refractivity contribution in [1.29, 1.82) is 0 Å². The molecule has 0 radical (unpaired) electrons. The summed E-state index contributed by atoms with van der Waals surface area (Å²) in [7, 11) is 1.64. The molecule has 2 heterocycles. The maximum absolute atomic E-state index is 14.3. The van der Waals surface area contributed by atoms with Crippen LogP contribution >= 0.6 is 0 Å². The number of urea groups is 2. The second-order valence-corrected chi connectivity index (χ2v) is 14.8. The Balaban J connectivity index is 1.19. The fourth-order valence-corrected chi connectivity index (χ4v) is 7.41. The van der Waals surface area contributed by atoms with Gasteiger partial charge in [-0.1, -0.05) is 49.4 Å². The van der Waals surface area contributed by atoms with Gasteiger partial charge in [0.25, 0.3) is 0 Å². The van der Waals surface area contributed by atoms with Crippen molar-refractivity contribution in [3.63, 3.8) is 0 Å². The number of carbonyl (C=O) groups excluding carboxylic acids is 7. The molecule has 304 valence electrons. The van der Waals surface area contributed by atoms with Crippen LogP contribution in [0.15, 0.2) is 54.3 Å². The van der Waals surface area contributed by atoms with E-state index < -0.39 is 60.0 Å². The van der Waals surface area contributed by atoms with Gasteiger partial charge in [-0.2, -0.15) is 0 Å². The number of benzene rings is 1. The predicted molar refractivity (Wildman–Crippen MR) is 207 cm³/mol. The van der Waals surface area contributed by atoms with Crippen LogP contribution in [0.5, 0.6) is 0 Å². The van der Waals surface area contributed by atoms with Gasteiger partial charge < -0.3 is 52.3 Å². The van der Waals surface area contributed by atoms with E-state index in [1.165, 1.54) is 15.4 Å². The molecule has 17 nitrogen and oxygen atoms in total. The predicted octanol–water partition coefficient (Wildman–Crippen LogP) is 0.150. The van der Waals surface area contributed by atoms with Crippen molar-refractivity contribution >= 4 is 41.6 Å². The second-order valence-electron chi connectivity index (χ2n) is 14.8. The summed E-state index contributed by atoms with van der Waals surface area (Å²) in [4.78, 5) is 96.1. The SMILES string of the molecule is CCC(=O)NC(CN(CC)C(=O)NC1C=CC(NC(=O)N2CCC3CCC(C(=O)NC4CC4c4ccccc4)N3C(=O)C(NC(=O)C(C)NC)C2)=CC1)C(N)=O. The zero-order chi connectivity index (χ0) is 40.5. The third kappa shape index (κ3) is 10.4. The number of carbonyl (C=O) groups is 7. The number of nitrogens with two attached hydrogens (primary N) is 1. The van der Waals surface area contributed by atoms with E-state index in [1.54, 1.807) is 50.9 Å². The third-order valence-corrected chi connectivity index (χ3v) is 11.0. The topological polar surface area (TPSA) is 227 Å². The number of amides is 9. The van der Waals surface area contributed by atoms with Crippen LogP contribution in [0, 0.1) is 0 Å². The third-order valence-electron chi connectivity index (χ3n) is 11.0. The van der Waals surface area contributed by atoms with Crippen LogP contribution in [0.3, 0.4) is 0 Å². The number of fused-ring (bicyclic) bond motifs is 1. The molecule has 17 heteroatoms. The smallest absolute Gasteiger partial charge is 0.321 e. The molecular weight excluding hydrogens is 720 g/mol. The Labute approximate surface area is 327 Å². The van der Waals surface area contributed by atoms with Crippen molar-refractivity contribution in [1.82, 2.24) is 46.6 Å². The van der Waals surface area contributed by atoms with Crippen molar-refractivity contribution in [3.05, 3.63) is 59.8 Å². The Hall–Kier alpha value is -5.45. The summed E-state index contributed by atoms with van der Waals surface area (Å²) in [6, 6.07) is 5.02. The number of nitrogens with one attached hydrogen (secondary N) is 6. The summed E-state index contributed by atoms with van der Waals surface area (Å²) in [5.41, 5.74) is 7.12. The number of hydrogen-bond acceptors (Lipinski definition) is 8. The molecule has 9 amide bonds. The van der Waals surface area contributed by atoms with E-state index in [0.717, 1.165) is 6.42 Å². The monoisotopic (exact) mass is 776 g/mol. The molecule has 3 fully saturated rings. The quantitative estimate of drug-likeness (QED) is 0.137. The maximum atomic E-state index is 14.3. The Kier molecular flexibility index (Phi) is 14.1. The molecule has 56 heavy (non-hydrogen) atoms. The average molecular weight is 777 g/mol. The number of primary amides is 1. The summed E-state index contributed by atoms with van der Waals surface area (Å²) >= 11 is 0. The van der Waals surface area contributed by atoms with Crippen LogP contribution < -0.4 is 37.6 Å². The van der Waals surface area contributed by atoms with E-state index in [9.17, 15) is 33.6 Å². The van der Waals surface area contributed by atoms with Crippen LogP contribution in [0.1, 0.15) is 70.8 Å². The van der Waals surface area contributed by atoms with Gasteiger partial charge in [0.05, 0.1) is 25.2 Å². The standard InChI is InChI=1S/C39H56N10O7/c1-5-33(50)44-30(34(40)51)21-47(6-2)38(55)42-25-12-14-26(15-13-25)43-39(56)48-19-18-27-16-17-32(36(53)45-29-20-28(29)24-10-8-7-9-11-24)49(27)37(54)31(22-48)46-35(52)23(3)41-4/h7-12,14-15,23,25,27-32,41H,5-6,13,16-22H2,1-4H3,(H2,40,51)(H,42,55)(H,43,56)(H,44,50)(H,45,53)(H,46,52). The van der Waals surface area contributed by atoms with Crippen molar-refractivity contribution in [3.8, 4) is 0 Å². The van der Waals surface area contributed by atoms with Crippen LogP contribution in [0.2, 0.25) is 0 Å². The number of hydrogen-bond donors (Lipinski definition) is 7. The molecule has 2 aliphatic heterocycles. The lowest BCUT2D eigenvalue weighted by Crippen LogP contribution is -2.63. The fraction of sp³-hybridized carbons (Fsp3) is 0.564. The first-order valence-corrected chi connectivity index (χ1v) is 19.6. The zero-order valence-corrected chi connectivity index (χ0v) is 32.6. The van der Waals surface area contributed by atoms with Crippen LogP contribution in [0.4, 0.5) is 9.59 Å². The molecule has 1 aromatic rings. The van der Waals surface area contributed by atoms with E-state index in [0.29, 0.717) is 31.4 Å². The van der Waals surface area contributed by atoms with Gasteiger partial charge in [0.15, 0.2) is 0 Å². The van der Waals surface area contributed by atoms with Gasteiger partial charge in [0, 0.05) is 43.2 Å². The molecule has 2 saturated heterocycles. The normalized spacial score (nSPS) is 25.3. The minimum atomic E-state index is -1.08. The Morgan fingerprint density at radius 1 is 1.00 bits per heavy atom. The lowest BCUT2D eigenvalue weighted by molar-refractivity contribution is -0.144. The number of rotatable bonds is 14. The molecule has 0 bridgehead atoms. The van der Waals surface area contributed by atoms with Crippen LogP contribution in [0.25, 0.3) is 0 Å². The maximum Gasteiger partial charge on any atom is 0.321 e. The molecule has 1 aromatic carbocycles. The highest BCUT2D eigenvalue weighted by Crippen LogP contribution is 2.41. The van der Waals surface area contributed by atoms with E-state index in [4.69, 9.17) is 5.73 Å². The molecule has 0 aromatic heterocycles. The highest BCUT2D eigenvalue weighted by molar-refractivity contribution is 5.94. The van der Waals surface area contributed by atoms with Gasteiger partial charge in [-0.05, 0) is 64.6 Å². The molecule has 5 rings (SSSR count). The number of nitrogens with zero attached hydrogens (tertiary/aromatic N) is 3. The largest absolute Gasteiger partial charge is 0.368 e. The highest BCUT2D eigenvalue weighted by Gasteiger charge is 2.48. The number of allylic oxidation sites excluding steroid dienone is 1. The molecule has 8 unspecified atom stereocenters. The first-order valence-electron chi connectivity index (χ1n) is 19.6. The van der Waals surface area contributed by atoms with Crippen molar-refractivity contribution < 1.29 is 33.6 Å². The van der Waals surface area contributed by atoms with Crippen LogP contribution in [-0.4, -0.2) is 132 Å². The van der Waals surface area contributed by atoms with Gasteiger partial charge in [0.2, 0.25) is 29.5 Å². The van der Waals surface area contributed by atoms with Gasteiger partial charge in [-0.15, -0.1) is 0 Å². The number of likely N-dealkylation sites (N-methyl/N-ethyl adjacent to an activating group) is 2. The lowest BCUT2D eigenvalue weighted by Gasteiger charge is -2.39. The van der Waals surface area contributed by atoms with E-state index >= 15 is 0 Å². The minimum absolute atomic E-state index is 0.00247. The summed E-state index contributed by atoms with van der Waals surface area (Å²) in [5, 5.41) is 17.2. The Bertz CT molecular complexity index is 1700. The van der Waals surface area contributed by atoms with Crippen molar-refractivity contribution in [2.45, 2.75) is 108 Å². The zero-order valence-electron chi connectivity index (χ0n) is 32.6. The van der Waals surface area contributed by atoms with Crippen molar-refractivity contribution in [2.24, 2.45) is 5.73 Å². The van der Waals surface area contributed by atoms with Crippen molar-refractivity contribution in [2.75, 3.05) is 33.2 Å². The molecule has 1 saturated carbocycles. The van der Waals surface area contributed by atoms with Gasteiger partial charge in [0.1, 0.15) is 18.1 Å². The fourth-order valence-electron chi connectivity index (χ4n) is 7.41. The summed E-state index contributed by atoms with van der Waals surface area (Å²) in [5.74, 6) is -1.87. The minimum Gasteiger partial charge on any atom is -0.368 e. The molecule has 2 aliphatic carbocycles. The first kappa shape index (κ1) is 41.7. The molecule has 8 N–H and O–H groups in total. The van der Waals surface area contributed by atoms with E-state index in [-0.39, 0.29) is 62.4 Å². The first-order chi connectivity index (χ1) is 26.8. The summed E-state index contributed by atoms with van der Waals surface area (Å²) in [6.07, 6.45) is 8.06. The van der Waals surface area contributed by atoms with Gasteiger partial charge in [-0.3, -0.25) is 24.0 Å². The Morgan fingerprint density at radius 3 is 2.39 bits per heavy atom. The average Bonchev–Trinajstić information content (AvgIpc) is 3.83. The van der Waals surface area contributed by atoms with E-state index in [1.807, 2.05) is 18.2 Å². The van der Waals surface area contributed by atoms with Gasteiger partial charge >= 0.3 is 12.1 Å². The van der Waals surface area contributed by atoms with Gasteiger partial charge in [-0.25, -0.2) is 9.59 Å². The molecule has 8 atom stereocenters. The summed E-state index contributed by atoms with van der Waals surface area (Å²) in [6.45, 7) is 5.42. The lowest BCUT2D eigenvalue weighted by atomic mass is 10.1. The highest BCUT2D eigenvalue weighted by atomic mass is 16.2. The molecule has 0 spiro atoms. The second kappa shape index (κ2) is 18.9. The summed E-state index contributed by atoms with van der Waals surface area (Å²) < 4.78 is 0. The Morgan fingerprint density at radius 2 is 1.75 bits per heavy atom. The van der Waals surface area contributed by atoms with Crippen LogP contribution in [-0.2, 0) is 24.0 Å². The molecular formula is C39H56N10O7. The van der Waals surface area contributed by atoms with E-state index in [2.05, 4.69) is 44.0 Å². The molecule has 4 aliphatic rings.